The molecule has 1 aliphatic heterocycles. The number of benzene rings is 8. The zero-order chi connectivity index (χ0) is 34.4. The van der Waals surface area contributed by atoms with Crippen LogP contribution in [0.1, 0.15) is 0 Å². The molecule has 8 aromatic carbocycles. The monoisotopic (exact) mass is 684 g/mol. The molecule has 2 heterocycles. The fourth-order valence-corrected chi connectivity index (χ4v) is 8.47. The number of hydrogen-bond acceptors (Lipinski definition) is 4. The summed E-state index contributed by atoms with van der Waals surface area (Å²) in [6, 6.07) is 69.0. The van der Waals surface area contributed by atoms with Gasteiger partial charge in [0.1, 0.15) is 0 Å². The van der Waals surface area contributed by atoms with Gasteiger partial charge in [-0.2, -0.15) is 0 Å². The Kier molecular flexibility index (Phi) is 7.33. The summed E-state index contributed by atoms with van der Waals surface area (Å²) in [7, 11) is 0. The lowest BCUT2D eigenvalue weighted by molar-refractivity contribution is 0.477. The second kappa shape index (κ2) is 12.6. The van der Waals surface area contributed by atoms with Crippen molar-refractivity contribution in [1.29, 1.82) is 0 Å². The third kappa shape index (κ3) is 5.29. The summed E-state index contributed by atoms with van der Waals surface area (Å²) in [5.74, 6) is 1.68. The van der Waals surface area contributed by atoms with Crippen molar-refractivity contribution in [2.75, 3.05) is 9.80 Å². The number of fused-ring (bicyclic) bond motifs is 5. The molecule has 0 amide bonds. The van der Waals surface area contributed by atoms with Crippen molar-refractivity contribution >= 4 is 65.6 Å². The van der Waals surface area contributed by atoms with E-state index >= 15 is 0 Å². The molecule has 1 aromatic heterocycles. The topological polar surface area (TPSA) is 15.7 Å². The van der Waals surface area contributed by atoms with Gasteiger partial charge in [-0.25, -0.2) is 0 Å². The molecule has 246 valence electrons. The van der Waals surface area contributed by atoms with Crippen LogP contribution in [0.5, 0.6) is 11.5 Å². The highest BCUT2D eigenvalue weighted by Crippen LogP contribution is 2.51. The van der Waals surface area contributed by atoms with Crippen LogP contribution >= 0.6 is 11.3 Å². The van der Waals surface area contributed by atoms with E-state index in [0.29, 0.717) is 0 Å². The van der Waals surface area contributed by atoms with Crippen molar-refractivity contribution in [1.82, 2.24) is 0 Å². The Bertz CT molecular complexity index is 2700. The highest BCUT2D eigenvalue weighted by atomic mass is 32.1. The zero-order valence-electron chi connectivity index (χ0n) is 28.2. The Morgan fingerprint density at radius 3 is 1.71 bits per heavy atom. The van der Waals surface area contributed by atoms with E-state index in [1.165, 1.54) is 31.3 Å². The molecule has 0 spiro atoms. The van der Waals surface area contributed by atoms with Crippen LogP contribution < -0.4 is 14.5 Å². The van der Waals surface area contributed by atoms with E-state index in [2.05, 4.69) is 186 Å². The van der Waals surface area contributed by atoms with Crippen molar-refractivity contribution in [3.63, 3.8) is 0 Å². The first-order valence-corrected chi connectivity index (χ1v) is 18.3. The second-order valence-corrected chi connectivity index (χ2v) is 14.1. The number of hydrogen-bond donors (Lipinski definition) is 0. The number of nitrogens with zero attached hydrogens (tertiary/aromatic N) is 2. The van der Waals surface area contributed by atoms with Crippen LogP contribution in [0, 0.1) is 0 Å². The maximum atomic E-state index is 6.52. The van der Waals surface area contributed by atoms with E-state index in [4.69, 9.17) is 4.74 Å². The minimum Gasteiger partial charge on any atom is -0.453 e. The van der Waals surface area contributed by atoms with Gasteiger partial charge in [0.2, 0.25) is 0 Å². The van der Waals surface area contributed by atoms with E-state index in [0.717, 1.165) is 56.8 Å². The normalized spacial score (nSPS) is 12.0. The van der Waals surface area contributed by atoms with Crippen molar-refractivity contribution in [2.45, 2.75) is 0 Å². The van der Waals surface area contributed by atoms with E-state index in [-0.39, 0.29) is 0 Å². The van der Waals surface area contributed by atoms with E-state index in [1.54, 1.807) is 0 Å². The van der Waals surface area contributed by atoms with E-state index in [9.17, 15) is 0 Å². The second-order valence-electron chi connectivity index (χ2n) is 13.0. The predicted octanol–water partition coefficient (Wildman–Crippen LogP) is 14.4. The summed E-state index contributed by atoms with van der Waals surface area (Å²) < 4.78 is 9.11. The quantitative estimate of drug-likeness (QED) is 0.173. The smallest absolute Gasteiger partial charge is 0.152 e. The Morgan fingerprint density at radius 2 is 0.942 bits per heavy atom. The Hall–Kier alpha value is -6.62. The maximum absolute atomic E-state index is 6.52. The number of anilines is 6. The van der Waals surface area contributed by atoms with Crippen LogP contribution in [0.25, 0.3) is 42.4 Å². The van der Waals surface area contributed by atoms with Crippen LogP contribution in [0.3, 0.4) is 0 Å². The molecule has 0 aliphatic carbocycles. The summed E-state index contributed by atoms with van der Waals surface area (Å²) in [6.07, 6.45) is 0. The predicted molar refractivity (Wildman–Crippen MR) is 220 cm³/mol. The molecule has 0 fully saturated rings. The summed E-state index contributed by atoms with van der Waals surface area (Å²) in [5, 5.41) is 2.60. The minimum absolute atomic E-state index is 0.834. The molecule has 1 aliphatic rings. The molecule has 52 heavy (non-hydrogen) atoms. The number of rotatable bonds is 6. The molecule has 0 radical (unpaired) electrons. The number of ether oxygens (including phenoxy) is 1. The van der Waals surface area contributed by atoms with Gasteiger partial charge in [0.05, 0.1) is 11.4 Å². The van der Waals surface area contributed by atoms with Gasteiger partial charge in [0.15, 0.2) is 11.5 Å². The Labute approximate surface area is 306 Å². The molecule has 10 rings (SSSR count). The minimum atomic E-state index is 0.834. The van der Waals surface area contributed by atoms with Crippen LogP contribution in [-0.4, -0.2) is 0 Å². The van der Waals surface area contributed by atoms with E-state index in [1.807, 2.05) is 29.5 Å². The summed E-state index contributed by atoms with van der Waals surface area (Å²) in [4.78, 5) is 4.63. The lowest BCUT2D eigenvalue weighted by Gasteiger charge is -2.33. The molecule has 0 unspecified atom stereocenters. The molecule has 4 heteroatoms. The average molecular weight is 685 g/mol. The molecule has 0 saturated carbocycles. The molecular weight excluding hydrogens is 653 g/mol. The molecular formula is C48H32N2OS. The van der Waals surface area contributed by atoms with Gasteiger partial charge in [0.25, 0.3) is 0 Å². The Balaban J connectivity index is 1.03. The standard InChI is InChI=1S/C48H32N2OS/c1-3-11-33(12-4-1)34-19-24-38(25-20-34)49(40-28-29-42-41-15-7-10-18-47(41)52-48(42)32-40)39-26-21-35(22-27-39)36-23-30-44-46(31-36)51-45-17-9-8-16-43(45)50(44)37-13-5-2-6-14-37/h1-32H. The van der Waals surface area contributed by atoms with Crippen molar-refractivity contribution in [2.24, 2.45) is 0 Å². The Morgan fingerprint density at radius 1 is 0.385 bits per heavy atom. The molecule has 0 saturated heterocycles. The van der Waals surface area contributed by atoms with Crippen molar-refractivity contribution < 1.29 is 4.74 Å². The summed E-state index contributed by atoms with van der Waals surface area (Å²) >= 11 is 1.85. The van der Waals surface area contributed by atoms with Gasteiger partial charge in [-0.1, -0.05) is 115 Å². The number of thiophene rings is 1. The fraction of sp³-hybridized carbons (Fsp3) is 0. The highest BCUT2D eigenvalue weighted by Gasteiger charge is 2.26. The first-order chi connectivity index (χ1) is 25.8. The first-order valence-electron chi connectivity index (χ1n) is 17.5. The SMILES string of the molecule is c1ccc(-c2ccc(N(c3ccc(-c4ccc5c(c4)Oc4ccccc4N5c4ccccc4)cc3)c3ccc4c(c3)sc3ccccc34)cc2)cc1. The lowest BCUT2D eigenvalue weighted by Crippen LogP contribution is -2.15. The van der Waals surface area contributed by atoms with Gasteiger partial charge < -0.3 is 14.5 Å². The third-order valence-corrected chi connectivity index (χ3v) is 11.0. The molecule has 0 bridgehead atoms. The highest BCUT2D eigenvalue weighted by molar-refractivity contribution is 7.25. The van der Waals surface area contributed by atoms with Crippen LogP contribution in [0.4, 0.5) is 34.1 Å². The van der Waals surface area contributed by atoms with Crippen LogP contribution in [0.2, 0.25) is 0 Å². The van der Waals surface area contributed by atoms with Gasteiger partial charge in [-0.05, 0) is 101 Å². The lowest BCUT2D eigenvalue weighted by atomic mass is 10.0. The summed E-state index contributed by atoms with van der Waals surface area (Å²) in [6.45, 7) is 0. The van der Waals surface area contributed by atoms with Gasteiger partial charge >= 0.3 is 0 Å². The molecule has 9 aromatic rings. The van der Waals surface area contributed by atoms with Crippen LogP contribution in [-0.2, 0) is 0 Å². The van der Waals surface area contributed by atoms with Crippen LogP contribution in [0.15, 0.2) is 194 Å². The third-order valence-electron chi connectivity index (χ3n) is 9.85. The van der Waals surface area contributed by atoms with Crippen molar-refractivity contribution in [3.05, 3.63) is 194 Å². The molecule has 0 N–H and O–H groups in total. The van der Waals surface area contributed by atoms with E-state index < -0.39 is 0 Å². The molecule has 0 atom stereocenters. The largest absolute Gasteiger partial charge is 0.453 e. The molecule has 3 nitrogen and oxygen atoms in total. The van der Waals surface area contributed by atoms with Gasteiger partial charge in [0, 0.05) is 42.9 Å². The average Bonchev–Trinajstić information content (AvgIpc) is 3.59. The van der Waals surface area contributed by atoms with Crippen molar-refractivity contribution in [3.8, 4) is 33.8 Å². The maximum Gasteiger partial charge on any atom is 0.152 e. The summed E-state index contributed by atoms with van der Waals surface area (Å²) in [5.41, 5.74) is 11.1. The zero-order valence-corrected chi connectivity index (χ0v) is 29.0. The first kappa shape index (κ1) is 30.2. The van der Waals surface area contributed by atoms with Gasteiger partial charge in [-0.3, -0.25) is 0 Å². The van der Waals surface area contributed by atoms with Gasteiger partial charge in [-0.15, -0.1) is 11.3 Å². The number of para-hydroxylation sites is 3. The fourth-order valence-electron chi connectivity index (χ4n) is 7.33.